The van der Waals surface area contributed by atoms with E-state index in [9.17, 15) is 0 Å². The average molecular weight is 205 g/mol. The third kappa shape index (κ3) is 2.75. The van der Waals surface area contributed by atoms with Crippen LogP contribution in [-0.2, 0) is 6.54 Å². The number of nitrogens with one attached hydrogen (secondary N) is 1. The Morgan fingerprint density at radius 2 is 2.33 bits per heavy atom. The SMILES string of the molecule is CCCNCc1ccnc(C2CCC2)n1. The maximum atomic E-state index is 4.59. The lowest BCUT2D eigenvalue weighted by molar-refractivity contribution is 0.400. The number of rotatable bonds is 5. The van der Waals surface area contributed by atoms with Crippen LogP contribution in [0.5, 0.6) is 0 Å². The van der Waals surface area contributed by atoms with Crippen molar-refractivity contribution in [3.8, 4) is 0 Å². The summed E-state index contributed by atoms with van der Waals surface area (Å²) in [5.74, 6) is 1.69. The van der Waals surface area contributed by atoms with E-state index >= 15 is 0 Å². The van der Waals surface area contributed by atoms with Crippen molar-refractivity contribution in [1.29, 1.82) is 0 Å². The lowest BCUT2D eigenvalue weighted by atomic mass is 9.85. The van der Waals surface area contributed by atoms with E-state index in [1.807, 2.05) is 12.3 Å². The van der Waals surface area contributed by atoms with Gasteiger partial charge in [0.25, 0.3) is 0 Å². The van der Waals surface area contributed by atoms with E-state index in [1.54, 1.807) is 0 Å². The van der Waals surface area contributed by atoms with Crippen LogP contribution in [-0.4, -0.2) is 16.5 Å². The first-order chi connectivity index (χ1) is 7.40. The van der Waals surface area contributed by atoms with Crippen molar-refractivity contribution in [2.45, 2.75) is 45.1 Å². The molecule has 0 unspecified atom stereocenters. The van der Waals surface area contributed by atoms with E-state index < -0.39 is 0 Å². The molecule has 3 nitrogen and oxygen atoms in total. The van der Waals surface area contributed by atoms with E-state index in [2.05, 4.69) is 22.2 Å². The first kappa shape index (κ1) is 10.6. The number of hydrogen-bond acceptors (Lipinski definition) is 3. The molecule has 0 saturated heterocycles. The molecule has 0 amide bonds. The molecule has 1 saturated carbocycles. The molecular weight excluding hydrogens is 186 g/mol. The summed E-state index contributed by atoms with van der Waals surface area (Å²) in [7, 11) is 0. The Bertz CT molecular complexity index is 307. The van der Waals surface area contributed by atoms with Crippen LogP contribution >= 0.6 is 0 Å². The van der Waals surface area contributed by atoms with Crippen molar-refractivity contribution in [3.63, 3.8) is 0 Å². The van der Waals surface area contributed by atoms with Crippen LogP contribution in [0.15, 0.2) is 12.3 Å². The van der Waals surface area contributed by atoms with Gasteiger partial charge >= 0.3 is 0 Å². The number of aromatic nitrogens is 2. The second kappa shape index (κ2) is 5.21. The summed E-state index contributed by atoms with van der Waals surface area (Å²) in [6.07, 6.45) is 6.94. The molecule has 0 atom stereocenters. The summed E-state index contributed by atoms with van der Waals surface area (Å²) in [6.45, 7) is 4.10. The highest BCUT2D eigenvalue weighted by atomic mass is 14.9. The maximum Gasteiger partial charge on any atom is 0.131 e. The lowest BCUT2D eigenvalue weighted by Crippen LogP contribution is -2.17. The highest BCUT2D eigenvalue weighted by Gasteiger charge is 2.21. The lowest BCUT2D eigenvalue weighted by Gasteiger charge is -2.23. The van der Waals surface area contributed by atoms with E-state index in [0.29, 0.717) is 5.92 Å². The fourth-order valence-electron chi connectivity index (χ4n) is 1.77. The summed E-state index contributed by atoms with van der Waals surface area (Å²) in [4.78, 5) is 8.94. The van der Waals surface area contributed by atoms with Crippen LogP contribution in [0.1, 0.15) is 50.0 Å². The molecule has 0 aromatic carbocycles. The minimum atomic E-state index is 0.635. The molecule has 15 heavy (non-hydrogen) atoms. The summed E-state index contributed by atoms with van der Waals surface area (Å²) in [5.41, 5.74) is 1.13. The molecular formula is C12H19N3. The monoisotopic (exact) mass is 205 g/mol. The highest BCUT2D eigenvalue weighted by Crippen LogP contribution is 2.33. The van der Waals surface area contributed by atoms with Crippen LogP contribution in [0.25, 0.3) is 0 Å². The summed E-state index contributed by atoms with van der Waals surface area (Å²) in [6, 6.07) is 2.00. The molecule has 3 heteroatoms. The molecule has 1 aliphatic rings. The quantitative estimate of drug-likeness (QED) is 0.749. The predicted molar refractivity (Wildman–Crippen MR) is 60.6 cm³/mol. The maximum absolute atomic E-state index is 4.59. The van der Waals surface area contributed by atoms with Crippen LogP contribution in [0, 0.1) is 0 Å². The third-order valence-corrected chi connectivity index (χ3v) is 2.94. The van der Waals surface area contributed by atoms with E-state index in [1.165, 1.54) is 25.7 Å². The standard InChI is InChI=1S/C12H19N3/c1-2-7-13-9-11-6-8-14-12(15-11)10-4-3-5-10/h6,8,10,13H,2-5,7,9H2,1H3. The Hall–Kier alpha value is -0.960. The Kier molecular flexibility index (Phi) is 3.67. The Morgan fingerprint density at radius 3 is 3.00 bits per heavy atom. The summed E-state index contributed by atoms with van der Waals surface area (Å²) >= 11 is 0. The van der Waals surface area contributed by atoms with Crippen molar-refractivity contribution < 1.29 is 0 Å². The normalized spacial score (nSPS) is 16.3. The van der Waals surface area contributed by atoms with Gasteiger partial charge in [0.15, 0.2) is 0 Å². The molecule has 82 valence electrons. The predicted octanol–water partition coefficient (Wildman–Crippen LogP) is 2.24. The van der Waals surface area contributed by atoms with E-state index in [-0.39, 0.29) is 0 Å². The van der Waals surface area contributed by atoms with Crippen molar-refractivity contribution in [2.75, 3.05) is 6.54 Å². The van der Waals surface area contributed by atoms with Gasteiger partial charge in [-0.05, 0) is 31.9 Å². The van der Waals surface area contributed by atoms with Gasteiger partial charge in [0.2, 0.25) is 0 Å². The van der Waals surface area contributed by atoms with Crippen molar-refractivity contribution >= 4 is 0 Å². The molecule has 0 aliphatic heterocycles. The van der Waals surface area contributed by atoms with Gasteiger partial charge < -0.3 is 5.32 Å². The molecule has 0 spiro atoms. The van der Waals surface area contributed by atoms with Gasteiger partial charge in [-0.2, -0.15) is 0 Å². The highest BCUT2D eigenvalue weighted by molar-refractivity contribution is 5.07. The molecule has 2 rings (SSSR count). The first-order valence-corrected chi connectivity index (χ1v) is 5.92. The average Bonchev–Trinajstić information content (AvgIpc) is 2.16. The molecule has 0 bridgehead atoms. The molecule has 1 aliphatic carbocycles. The van der Waals surface area contributed by atoms with Gasteiger partial charge in [-0.25, -0.2) is 9.97 Å². The zero-order valence-electron chi connectivity index (χ0n) is 9.37. The number of hydrogen-bond donors (Lipinski definition) is 1. The van der Waals surface area contributed by atoms with Gasteiger partial charge in [0, 0.05) is 18.7 Å². The van der Waals surface area contributed by atoms with Crippen molar-refractivity contribution in [1.82, 2.24) is 15.3 Å². The Morgan fingerprint density at radius 1 is 1.47 bits per heavy atom. The van der Waals surface area contributed by atoms with Crippen molar-refractivity contribution in [2.24, 2.45) is 0 Å². The smallest absolute Gasteiger partial charge is 0.131 e. The van der Waals surface area contributed by atoms with E-state index in [4.69, 9.17) is 0 Å². The van der Waals surface area contributed by atoms with Gasteiger partial charge in [-0.15, -0.1) is 0 Å². The first-order valence-electron chi connectivity index (χ1n) is 5.92. The largest absolute Gasteiger partial charge is 0.311 e. The van der Waals surface area contributed by atoms with Gasteiger partial charge in [-0.1, -0.05) is 13.3 Å². The Labute approximate surface area is 91.3 Å². The van der Waals surface area contributed by atoms with Gasteiger partial charge in [0.05, 0.1) is 5.69 Å². The summed E-state index contributed by atoms with van der Waals surface area (Å²) in [5, 5.41) is 3.36. The van der Waals surface area contributed by atoms with Crippen LogP contribution in [0.3, 0.4) is 0 Å². The second-order valence-electron chi connectivity index (χ2n) is 4.21. The minimum Gasteiger partial charge on any atom is -0.311 e. The fraction of sp³-hybridized carbons (Fsp3) is 0.667. The zero-order valence-corrected chi connectivity index (χ0v) is 9.37. The molecule has 1 N–H and O–H groups in total. The van der Waals surface area contributed by atoms with Crippen molar-refractivity contribution in [3.05, 3.63) is 23.8 Å². The molecule has 0 radical (unpaired) electrons. The zero-order chi connectivity index (χ0) is 10.5. The number of nitrogens with zero attached hydrogens (tertiary/aromatic N) is 2. The fourth-order valence-corrected chi connectivity index (χ4v) is 1.77. The van der Waals surface area contributed by atoms with Crippen LogP contribution < -0.4 is 5.32 Å². The molecule has 1 heterocycles. The van der Waals surface area contributed by atoms with E-state index in [0.717, 1.165) is 24.6 Å². The second-order valence-corrected chi connectivity index (χ2v) is 4.21. The van der Waals surface area contributed by atoms with Gasteiger partial charge in [-0.3, -0.25) is 0 Å². The molecule has 1 aromatic heterocycles. The molecule has 1 aromatic rings. The molecule has 1 fully saturated rings. The third-order valence-electron chi connectivity index (χ3n) is 2.94. The van der Waals surface area contributed by atoms with Gasteiger partial charge in [0.1, 0.15) is 5.82 Å². The topological polar surface area (TPSA) is 37.8 Å². The van der Waals surface area contributed by atoms with Crippen LogP contribution in [0.4, 0.5) is 0 Å². The minimum absolute atomic E-state index is 0.635. The van der Waals surface area contributed by atoms with Crippen LogP contribution in [0.2, 0.25) is 0 Å². The Balaban J connectivity index is 1.92. The summed E-state index contributed by atoms with van der Waals surface area (Å²) < 4.78 is 0.